The molecule has 1 heterocycles. The van der Waals surface area contributed by atoms with E-state index >= 15 is 0 Å². The number of rotatable bonds is 11. The minimum absolute atomic E-state index is 0.588. The summed E-state index contributed by atoms with van der Waals surface area (Å²) in [5.41, 5.74) is 8.55. The molecule has 0 saturated carbocycles. The first-order chi connectivity index (χ1) is 15.1. The Hall–Kier alpha value is -2.86. The number of hydrazone groups is 1. The topological polar surface area (TPSA) is 55.7 Å². The Morgan fingerprint density at radius 1 is 1.03 bits per heavy atom. The average molecular weight is 438 g/mol. The number of unbranched alkanes of at least 4 members (excludes halogenated alkanes) is 2. The lowest BCUT2D eigenvalue weighted by Crippen LogP contribution is -2.01. The van der Waals surface area contributed by atoms with Crippen molar-refractivity contribution >= 4 is 22.7 Å². The van der Waals surface area contributed by atoms with Crippen molar-refractivity contribution in [2.75, 3.05) is 18.6 Å². The van der Waals surface area contributed by atoms with Gasteiger partial charge >= 0.3 is 0 Å². The van der Waals surface area contributed by atoms with Gasteiger partial charge < -0.3 is 9.47 Å². The molecule has 0 spiro atoms. The second kappa shape index (κ2) is 11.5. The van der Waals surface area contributed by atoms with Crippen LogP contribution in [0.1, 0.15) is 49.8 Å². The van der Waals surface area contributed by atoms with Gasteiger partial charge in [-0.1, -0.05) is 43.5 Å². The zero-order chi connectivity index (χ0) is 22.1. The summed E-state index contributed by atoms with van der Waals surface area (Å²) in [7, 11) is 0. The quantitative estimate of drug-likeness (QED) is 0.203. The zero-order valence-corrected chi connectivity index (χ0v) is 19.6. The summed E-state index contributed by atoms with van der Waals surface area (Å²) in [6, 6.07) is 12.3. The number of nitrogens with one attached hydrogen (secondary N) is 1. The Labute approximate surface area is 189 Å². The van der Waals surface area contributed by atoms with Gasteiger partial charge in [0.15, 0.2) is 11.5 Å². The summed E-state index contributed by atoms with van der Waals surface area (Å²) in [6.45, 7) is 9.66. The van der Waals surface area contributed by atoms with E-state index in [1.54, 1.807) is 6.21 Å². The molecule has 1 aromatic heterocycles. The fourth-order valence-corrected chi connectivity index (χ4v) is 3.90. The summed E-state index contributed by atoms with van der Waals surface area (Å²) in [6.07, 6.45) is 5.16. The largest absolute Gasteiger partial charge is 0.490 e. The van der Waals surface area contributed by atoms with Gasteiger partial charge in [0.1, 0.15) is 0 Å². The molecule has 31 heavy (non-hydrogen) atoms. The van der Waals surface area contributed by atoms with Crippen LogP contribution in [-0.4, -0.2) is 24.4 Å². The highest BCUT2D eigenvalue weighted by molar-refractivity contribution is 7.14. The molecule has 6 heteroatoms. The molecular formula is C25H31N3O2S. The molecule has 5 nitrogen and oxygen atoms in total. The van der Waals surface area contributed by atoms with Crippen LogP contribution in [0.2, 0.25) is 0 Å². The number of thiazole rings is 1. The van der Waals surface area contributed by atoms with E-state index in [1.807, 2.05) is 30.5 Å². The van der Waals surface area contributed by atoms with Crippen LogP contribution in [0.4, 0.5) is 5.13 Å². The minimum atomic E-state index is 0.588. The fraction of sp³-hybridized carbons (Fsp3) is 0.360. The van der Waals surface area contributed by atoms with E-state index in [4.69, 9.17) is 9.47 Å². The summed E-state index contributed by atoms with van der Waals surface area (Å²) in [5, 5.41) is 7.15. The number of benzene rings is 2. The smallest absolute Gasteiger partial charge is 0.203 e. The first kappa shape index (κ1) is 22.8. The van der Waals surface area contributed by atoms with Gasteiger partial charge in [0.05, 0.1) is 25.1 Å². The molecule has 0 unspecified atom stereocenters. The summed E-state index contributed by atoms with van der Waals surface area (Å²) >= 11 is 1.54. The van der Waals surface area contributed by atoms with Crippen molar-refractivity contribution in [1.82, 2.24) is 4.98 Å². The van der Waals surface area contributed by atoms with E-state index in [0.29, 0.717) is 13.2 Å². The number of nitrogens with zero attached hydrogens (tertiary/aromatic N) is 2. The van der Waals surface area contributed by atoms with E-state index in [0.717, 1.165) is 39.9 Å². The van der Waals surface area contributed by atoms with Crippen molar-refractivity contribution < 1.29 is 9.47 Å². The standard InChI is InChI=1S/C25H31N3O2S/c1-5-7-8-13-30-23-12-10-20(15-24(23)29-6-2)16-26-28-25-27-22(17-31-25)21-11-9-18(3)14-19(21)4/h9-12,14-17H,5-8,13H2,1-4H3,(H,27,28)/b26-16-. The van der Waals surface area contributed by atoms with Crippen LogP contribution < -0.4 is 14.9 Å². The lowest BCUT2D eigenvalue weighted by molar-refractivity contribution is 0.271. The minimum Gasteiger partial charge on any atom is -0.490 e. The molecule has 2 aromatic carbocycles. The second-order valence-electron chi connectivity index (χ2n) is 7.42. The molecule has 0 fully saturated rings. The average Bonchev–Trinajstić information content (AvgIpc) is 3.21. The maximum atomic E-state index is 5.89. The molecule has 3 aromatic rings. The molecule has 0 aliphatic carbocycles. The first-order valence-electron chi connectivity index (χ1n) is 10.8. The van der Waals surface area contributed by atoms with Crippen molar-refractivity contribution in [2.24, 2.45) is 5.10 Å². The van der Waals surface area contributed by atoms with Crippen LogP contribution in [0.5, 0.6) is 11.5 Å². The molecule has 0 amide bonds. The van der Waals surface area contributed by atoms with Crippen LogP contribution in [0, 0.1) is 13.8 Å². The highest BCUT2D eigenvalue weighted by Gasteiger charge is 2.08. The Morgan fingerprint density at radius 3 is 2.68 bits per heavy atom. The van der Waals surface area contributed by atoms with Gasteiger partial charge in [-0.2, -0.15) is 5.10 Å². The predicted octanol–water partition coefficient (Wildman–Crippen LogP) is 6.84. The summed E-state index contributed by atoms with van der Waals surface area (Å²) in [5.74, 6) is 1.52. The molecule has 164 valence electrons. The van der Waals surface area contributed by atoms with E-state index < -0.39 is 0 Å². The number of anilines is 1. The number of hydrogen-bond acceptors (Lipinski definition) is 6. The molecule has 0 radical (unpaired) electrons. The monoisotopic (exact) mass is 437 g/mol. The Balaban J connectivity index is 1.64. The molecule has 0 atom stereocenters. The normalized spacial score (nSPS) is 11.1. The molecule has 3 rings (SSSR count). The van der Waals surface area contributed by atoms with Gasteiger partial charge in [-0.05, 0) is 56.5 Å². The second-order valence-corrected chi connectivity index (χ2v) is 8.28. The Bertz CT molecular complexity index is 1010. The lowest BCUT2D eigenvalue weighted by atomic mass is 10.0. The van der Waals surface area contributed by atoms with Crippen LogP contribution in [-0.2, 0) is 0 Å². The third kappa shape index (κ3) is 6.56. The third-order valence-electron chi connectivity index (χ3n) is 4.81. The van der Waals surface area contributed by atoms with Gasteiger partial charge in [0, 0.05) is 10.9 Å². The zero-order valence-electron chi connectivity index (χ0n) is 18.8. The summed E-state index contributed by atoms with van der Waals surface area (Å²) < 4.78 is 11.6. The molecule has 0 bridgehead atoms. The highest BCUT2D eigenvalue weighted by atomic mass is 32.1. The van der Waals surface area contributed by atoms with E-state index in [2.05, 4.69) is 54.5 Å². The number of ether oxygens (including phenoxy) is 2. The lowest BCUT2D eigenvalue weighted by Gasteiger charge is -2.12. The van der Waals surface area contributed by atoms with Gasteiger partial charge in [0.25, 0.3) is 0 Å². The Morgan fingerprint density at radius 2 is 1.90 bits per heavy atom. The van der Waals surface area contributed by atoms with Crippen molar-refractivity contribution in [3.63, 3.8) is 0 Å². The van der Waals surface area contributed by atoms with Gasteiger partial charge in [-0.3, -0.25) is 5.43 Å². The maximum absolute atomic E-state index is 5.89. The summed E-state index contributed by atoms with van der Waals surface area (Å²) in [4.78, 5) is 4.66. The Kier molecular flexibility index (Phi) is 8.47. The molecular weight excluding hydrogens is 406 g/mol. The van der Waals surface area contributed by atoms with Crippen molar-refractivity contribution in [3.05, 3.63) is 58.5 Å². The number of aromatic nitrogens is 1. The molecule has 1 N–H and O–H groups in total. The molecule has 0 saturated heterocycles. The predicted molar refractivity (Wildman–Crippen MR) is 131 cm³/mol. The van der Waals surface area contributed by atoms with E-state index in [-0.39, 0.29) is 0 Å². The highest BCUT2D eigenvalue weighted by Crippen LogP contribution is 2.29. The maximum Gasteiger partial charge on any atom is 0.203 e. The van der Waals surface area contributed by atoms with E-state index in [9.17, 15) is 0 Å². The van der Waals surface area contributed by atoms with Crippen molar-refractivity contribution in [1.29, 1.82) is 0 Å². The third-order valence-corrected chi connectivity index (χ3v) is 5.56. The van der Waals surface area contributed by atoms with Crippen LogP contribution in [0.3, 0.4) is 0 Å². The SMILES string of the molecule is CCCCCOc1ccc(/C=N\Nc2nc(-c3ccc(C)cc3C)cs2)cc1OCC. The van der Waals surface area contributed by atoms with Gasteiger partial charge in [-0.25, -0.2) is 4.98 Å². The molecule has 0 aliphatic rings. The van der Waals surface area contributed by atoms with Crippen LogP contribution in [0.15, 0.2) is 46.9 Å². The van der Waals surface area contributed by atoms with Crippen molar-refractivity contribution in [2.45, 2.75) is 47.0 Å². The van der Waals surface area contributed by atoms with Gasteiger partial charge in [-0.15, -0.1) is 11.3 Å². The number of hydrogen-bond donors (Lipinski definition) is 1. The van der Waals surface area contributed by atoms with E-state index in [1.165, 1.54) is 35.3 Å². The van der Waals surface area contributed by atoms with Crippen LogP contribution in [0.25, 0.3) is 11.3 Å². The number of aryl methyl sites for hydroxylation is 2. The van der Waals surface area contributed by atoms with Gasteiger partial charge in [0.2, 0.25) is 5.13 Å². The fourth-order valence-electron chi connectivity index (χ4n) is 3.24. The van der Waals surface area contributed by atoms with Crippen LogP contribution >= 0.6 is 11.3 Å². The first-order valence-corrected chi connectivity index (χ1v) is 11.7. The van der Waals surface area contributed by atoms with Crippen molar-refractivity contribution in [3.8, 4) is 22.8 Å². The molecule has 0 aliphatic heterocycles.